The van der Waals surface area contributed by atoms with Crippen LogP contribution in [0.5, 0.6) is 0 Å². The van der Waals surface area contributed by atoms with Crippen molar-refractivity contribution in [1.82, 2.24) is 4.90 Å². The smallest absolute Gasteiger partial charge is 0.303 e. The van der Waals surface area contributed by atoms with Gasteiger partial charge in [0.2, 0.25) is 5.91 Å². The fraction of sp³-hybridized carbons (Fsp3) is 0.636. The normalized spacial score (nSPS) is 18.3. The number of hydrogen-bond donors (Lipinski definition) is 1. The lowest BCUT2D eigenvalue weighted by Crippen LogP contribution is -2.32. The van der Waals surface area contributed by atoms with E-state index >= 15 is 0 Å². The summed E-state index contributed by atoms with van der Waals surface area (Å²) in [6.07, 6.45) is 14.7. The van der Waals surface area contributed by atoms with E-state index in [0.717, 1.165) is 25.7 Å². The number of carbonyl (C=O) groups is 2. The number of carboxylic acid groups (broad SMARTS) is 1. The maximum Gasteiger partial charge on any atom is 0.303 e. The van der Waals surface area contributed by atoms with E-state index in [0.29, 0.717) is 25.8 Å². The fourth-order valence-electron chi connectivity index (χ4n) is 3.17. The third-order valence-electron chi connectivity index (χ3n) is 4.72. The van der Waals surface area contributed by atoms with Crippen LogP contribution in [0.3, 0.4) is 0 Å². The molecule has 1 N–H and O–H groups in total. The van der Waals surface area contributed by atoms with Crippen LogP contribution in [0.15, 0.2) is 36.5 Å². The topological polar surface area (TPSA) is 57.6 Å². The van der Waals surface area contributed by atoms with Crippen molar-refractivity contribution in [2.24, 2.45) is 0 Å². The Balaban J connectivity index is 2.37. The molecule has 0 aromatic heterocycles. The van der Waals surface area contributed by atoms with E-state index in [4.69, 9.17) is 5.11 Å². The maximum atomic E-state index is 13.9. The van der Waals surface area contributed by atoms with Crippen molar-refractivity contribution in [2.75, 3.05) is 6.54 Å². The zero-order valence-electron chi connectivity index (χ0n) is 16.8. The summed E-state index contributed by atoms with van der Waals surface area (Å²) in [5.41, 5.74) is 0. The van der Waals surface area contributed by atoms with Gasteiger partial charge in [0.1, 0.15) is 0 Å². The summed E-state index contributed by atoms with van der Waals surface area (Å²) in [5, 5.41) is 8.61. The second-order valence-corrected chi connectivity index (χ2v) is 7.21. The van der Waals surface area contributed by atoms with Crippen molar-refractivity contribution in [3.63, 3.8) is 0 Å². The molecule has 1 heterocycles. The largest absolute Gasteiger partial charge is 0.481 e. The quantitative estimate of drug-likeness (QED) is 0.239. The van der Waals surface area contributed by atoms with Gasteiger partial charge in [0.05, 0.1) is 6.04 Å². The van der Waals surface area contributed by atoms with Crippen LogP contribution >= 0.6 is 0 Å². The minimum Gasteiger partial charge on any atom is -0.481 e. The number of unbranched alkanes of at least 4 members (excludes halogenated alkanes) is 3. The Bertz CT molecular complexity index is 570. The molecule has 28 heavy (non-hydrogen) atoms. The Morgan fingerprint density at radius 2 is 1.82 bits per heavy atom. The van der Waals surface area contributed by atoms with Crippen LogP contribution in [0.2, 0.25) is 0 Å². The fourth-order valence-corrected chi connectivity index (χ4v) is 3.17. The summed E-state index contributed by atoms with van der Waals surface area (Å²) in [6, 6.07) is -0.106. The minimum absolute atomic E-state index is 0.0672. The molecular weight excluding hydrogens is 364 g/mol. The summed E-state index contributed by atoms with van der Waals surface area (Å²) < 4.78 is 27.8. The van der Waals surface area contributed by atoms with Gasteiger partial charge in [-0.05, 0) is 25.7 Å². The summed E-state index contributed by atoms with van der Waals surface area (Å²) in [5.74, 6) is -3.51. The lowest BCUT2D eigenvalue weighted by atomic mass is 10.1. The van der Waals surface area contributed by atoms with Gasteiger partial charge in [0.25, 0.3) is 5.92 Å². The third-order valence-corrected chi connectivity index (χ3v) is 4.72. The molecule has 1 amide bonds. The number of carbonyl (C=O) groups excluding carboxylic acids is 1. The lowest BCUT2D eigenvalue weighted by molar-refractivity contribution is -0.137. The minimum atomic E-state index is -2.79. The average molecular weight is 398 g/mol. The van der Waals surface area contributed by atoms with Gasteiger partial charge in [-0.1, -0.05) is 56.2 Å². The Labute approximate surface area is 167 Å². The maximum absolute atomic E-state index is 13.9. The molecule has 0 aliphatic carbocycles. The molecule has 1 aliphatic rings. The van der Waals surface area contributed by atoms with Gasteiger partial charge in [-0.15, -0.1) is 0 Å². The molecule has 4 nitrogen and oxygen atoms in total. The van der Waals surface area contributed by atoms with E-state index in [1.807, 2.05) is 13.0 Å². The second kappa shape index (κ2) is 13.2. The first-order valence-corrected chi connectivity index (χ1v) is 10.2. The Morgan fingerprint density at radius 3 is 2.54 bits per heavy atom. The van der Waals surface area contributed by atoms with Crippen LogP contribution < -0.4 is 0 Å². The number of allylic oxidation sites excluding steroid dienone is 5. The number of aliphatic carboxylic acids is 1. The van der Waals surface area contributed by atoms with Crippen LogP contribution in [0.25, 0.3) is 0 Å². The molecule has 0 aromatic carbocycles. The summed E-state index contributed by atoms with van der Waals surface area (Å²) in [6.45, 7) is 2.59. The molecular formula is C22H33F2NO3. The molecule has 0 bridgehead atoms. The van der Waals surface area contributed by atoms with Crippen molar-refractivity contribution in [3.05, 3.63) is 36.5 Å². The second-order valence-electron chi connectivity index (χ2n) is 7.21. The van der Waals surface area contributed by atoms with Crippen molar-refractivity contribution >= 4 is 11.9 Å². The van der Waals surface area contributed by atoms with Gasteiger partial charge in [-0.3, -0.25) is 9.59 Å². The van der Waals surface area contributed by atoms with Crippen molar-refractivity contribution < 1.29 is 23.5 Å². The monoisotopic (exact) mass is 397 g/mol. The van der Waals surface area contributed by atoms with E-state index in [2.05, 4.69) is 0 Å². The van der Waals surface area contributed by atoms with Crippen LogP contribution in [-0.4, -0.2) is 40.4 Å². The van der Waals surface area contributed by atoms with Crippen LogP contribution in [0.4, 0.5) is 8.78 Å². The highest BCUT2D eigenvalue weighted by atomic mass is 19.3. The van der Waals surface area contributed by atoms with E-state index in [1.165, 1.54) is 12.2 Å². The van der Waals surface area contributed by atoms with Gasteiger partial charge in [-0.2, -0.15) is 0 Å². The number of hydrogen-bond acceptors (Lipinski definition) is 2. The molecule has 1 atom stereocenters. The Kier molecular flexibility index (Phi) is 11.4. The number of likely N-dealkylation sites (tertiary alicyclic amines) is 1. The Hall–Kier alpha value is -1.98. The number of amides is 1. The number of halogens is 2. The molecule has 1 aliphatic heterocycles. The zero-order chi connectivity index (χ0) is 20.8. The molecule has 0 saturated carbocycles. The van der Waals surface area contributed by atoms with Crippen molar-refractivity contribution in [2.45, 2.75) is 83.1 Å². The number of nitrogens with zero attached hydrogens (tertiary/aromatic N) is 1. The first kappa shape index (κ1) is 24.1. The van der Waals surface area contributed by atoms with E-state index in [1.54, 1.807) is 23.1 Å². The first-order chi connectivity index (χ1) is 13.4. The molecule has 1 unspecified atom stereocenters. The molecule has 0 radical (unpaired) electrons. The average Bonchev–Trinajstić information content (AvgIpc) is 2.97. The molecule has 0 aromatic rings. The summed E-state index contributed by atoms with van der Waals surface area (Å²) >= 11 is 0. The van der Waals surface area contributed by atoms with E-state index in [-0.39, 0.29) is 31.2 Å². The summed E-state index contributed by atoms with van der Waals surface area (Å²) in [4.78, 5) is 24.3. The van der Waals surface area contributed by atoms with Crippen molar-refractivity contribution in [3.8, 4) is 0 Å². The van der Waals surface area contributed by atoms with Crippen LogP contribution in [0.1, 0.15) is 71.1 Å². The van der Waals surface area contributed by atoms with Crippen molar-refractivity contribution in [1.29, 1.82) is 0 Å². The molecule has 1 fully saturated rings. The SMILES string of the molecule is CC/C=C\C=C/CC(F)(F)C/C=C/C1CCC(=O)N1CCCCCCC(=O)O. The molecule has 6 heteroatoms. The van der Waals surface area contributed by atoms with Gasteiger partial charge in [-0.25, -0.2) is 8.78 Å². The van der Waals surface area contributed by atoms with Crippen LogP contribution in [-0.2, 0) is 9.59 Å². The number of rotatable bonds is 14. The van der Waals surface area contributed by atoms with Crippen LogP contribution in [0, 0.1) is 0 Å². The molecule has 158 valence electrons. The molecule has 0 spiro atoms. The standard InChI is InChI=1S/C22H33F2NO3/c1-2-3-4-6-9-16-22(23,24)17-11-12-19-14-15-20(26)25(19)18-10-7-5-8-13-21(27)28/h3-4,6,9,11-12,19H,2,5,7-8,10,13-18H2,1H3,(H,27,28)/b4-3-,9-6-,12-11+. The van der Waals surface area contributed by atoms with Gasteiger partial charge >= 0.3 is 5.97 Å². The predicted molar refractivity (Wildman–Crippen MR) is 107 cm³/mol. The zero-order valence-corrected chi connectivity index (χ0v) is 16.8. The molecule has 1 saturated heterocycles. The number of carboxylic acids is 1. The van der Waals surface area contributed by atoms with E-state index in [9.17, 15) is 18.4 Å². The highest BCUT2D eigenvalue weighted by molar-refractivity contribution is 5.79. The van der Waals surface area contributed by atoms with Gasteiger partial charge in [0.15, 0.2) is 0 Å². The highest BCUT2D eigenvalue weighted by Crippen LogP contribution is 2.26. The highest BCUT2D eigenvalue weighted by Gasteiger charge is 2.29. The van der Waals surface area contributed by atoms with Gasteiger partial charge in [0, 0.05) is 32.2 Å². The third kappa shape index (κ3) is 10.4. The number of alkyl halides is 2. The molecule has 1 rings (SSSR count). The lowest BCUT2D eigenvalue weighted by Gasteiger charge is -2.22. The predicted octanol–water partition coefficient (Wildman–Crippen LogP) is 5.51. The first-order valence-electron chi connectivity index (χ1n) is 10.2. The summed E-state index contributed by atoms with van der Waals surface area (Å²) in [7, 11) is 0. The van der Waals surface area contributed by atoms with E-state index < -0.39 is 11.9 Å². The Morgan fingerprint density at radius 1 is 1.14 bits per heavy atom. The van der Waals surface area contributed by atoms with Gasteiger partial charge < -0.3 is 10.0 Å².